The lowest BCUT2D eigenvalue weighted by atomic mass is 9.97. The van der Waals surface area contributed by atoms with Crippen LogP contribution in [0, 0.1) is 5.92 Å². The van der Waals surface area contributed by atoms with Gasteiger partial charge in [-0.25, -0.2) is 5.26 Å². The predicted molar refractivity (Wildman–Crippen MR) is 97.2 cm³/mol. The largest absolute Gasteiger partial charge is 0.481 e. The molecule has 0 aromatic carbocycles. The Balaban J connectivity index is 4.44. The van der Waals surface area contributed by atoms with E-state index in [9.17, 15) is 28.9 Å². The van der Waals surface area contributed by atoms with Crippen LogP contribution in [0.4, 0.5) is 0 Å². The number of carbonyl (C=O) groups excluding carboxylic acids is 1. The van der Waals surface area contributed by atoms with E-state index in [1.807, 2.05) is 0 Å². The zero-order valence-electron chi connectivity index (χ0n) is 15.3. The average molecular weight is 423 g/mol. The quantitative estimate of drug-likeness (QED) is 0.0797. The predicted octanol–water partition coefficient (Wildman–Crippen LogP) is 1.73. The fourth-order valence-corrected chi connectivity index (χ4v) is 3.33. The van der Waals surface area contributed by atoms with E-state index < -0.39 is 37.4 Å². The standard InChI is InChI=1S/C16H26NO10P/c1-11(2-5-15(19)20)10-28(24,25)27-7-6-12(16(21)22)8-14(18)4-3-13(17)9-26-23/h9,12,23H,1-8,10,17H2,(H,19,20)(H,21,22)(H,24,25)/b13-9+. The van der Waals surface area contributed by atoms with Crippen LogP contribution >= 0.6 is 7.60 Å². The van der Waals surface area contributed by atoms with Gasteiger partial charge in [0.1, 0.15) is 12.0 Å². The summed E-state index contributed by atoms with van der Waals surface area (Å²) in [7, 11) is -4.09. The van der Waals surface area contributed by atoms with Crippen LogP contribution in [0.3, 0.4) is 0 Å². The van der Waals surface area contributed by atoms with Crippen LogP contribution in [0.25, 0.3) is 0 Å². The SMILES string of the molecule is C=C(CCC(=O)O)CP(=O)(O)OCCC(CC(=O)CC/C(N)=C\OO)C(=O)O. The van der Waals surface area contributed by atoms with E-state index in [-0.39, 0.29) is 56.4 Å². The third-order valence-electron chi connectivity index (χ3n) is 3.60. The summed E-state index contributed by atoms with van der Waals surface area (Å²) >= 11 is 0. The molecule has 0 spiro atoms. The summed E-state index contributed by atoms with van der Waals surface area (Å²) in [6, 6.07) is 0. The highest BCUT2D eigenvalue weighted by molar-refractivity contribution is 7.53. The summed E-state index contributed by atoms with van der Waals surface area (Å²) in [5.74, 6) is -3.82. The minimum Gasteiger partial charge on any atom is -0.481 e. The molecule has 0 heterocycles. The highest BCUT2D eigenvalue weighted by Gasteiger charge is 2.25. The molecule has 0 rings (SSSR count). The second-order valence-electron chi connectivity index (χ2n) is 6.14. The maximum atomic E-state index is 11.9. The van der Waals surface area contributed by atoms with Crippen molar-refractivity contribution >= 4 is 25.3 Å². The Morgan fingerprint density at radius 1 is 1.14 bits per heavy atom. The second-order valence-corrected chi connectivity index (χ2v) is 7.99. The Morgan fingerprint density at radius 3 is 2.32 bits per heavy atom. The summed E-state index contributed by atoms with van der Waals surface area (Å²) < 4.78 is 16.8. The number of ketones is 1. The fraction of sp³-hybridized carbons (Fsp3) is 0.562. The van der Waals surface area contributed by atoms with Gasteiger partial charge in [-0.15, -0.1) is 0 Å². The van der Waals surface area contributed by atoms with Crippen molar-refractivity contribution in [3.63, 3.8) is 0 Å². The van der Waals surface area contributed by atoms with E-state index in [1.165, 1.54) is 0 Å². The lowest BCUT2D eigenvalue weighted by Gasteiger charge is -2.16. The molecule has 2 unspecified atom stereocenters. The van der Waals surface area contributed by atoms with Gasteiger partial charge in [-0.1, -0.05) is 12.2 Å². The summed E-state index contributed by atoms with van der Waals surface area (Å²) in [6.07, 6.45) is -0.259. The number of aliphatic carboxylic acids is 2. The van der Waals surface area contributed by atoms with E-state index >= 15 is 0 Å². The Kier molecular flexibility index (Phi) is 12.0. The number of Topliss-reactive ketones (excluding diaryl/α,β-unsaturated/α-hetero) is 1. The molecule has 0 saturated heterocycles. The second kappa shape index (κ2) is 13.1. The summed E-state index contributed by atoms with van der Waals surface area (Å²) in [4.78, 5) is 47.0. The molecule has 6 N–H and O–H groups in total. The van der Waals surface area contributed by atoms with Crippen molar-refractivity contribution in [1.29, 1.82) is 0 Å². The molecule has 0 radical (unpaired) electrons. The van der Waals surface area contributed by atoms with Crippen LogP contribution in [-0.2, 0) is 28.4 Å². The van der Waals surface area contributed by atoms with Crippen molar-refractivity contribution in [1.82, 2.24) is 0 Å². The summed E-state index contributed by atoms with van der Waals surface area (Å²) in [5.41, 5.74) is 5.76. The number of carboxylic acids is 2. The maximum absolute atomic E-state index is 11.9. The molecule has 0 bridgehead atoms. The number of carboxylic acid groups (broad SMARTS) is 2. The van der Waals surface area contributed by atoms with Crippen LogP contribution in [0.15, 0.2) is 24.1 Å². The number of carbonyl (C=O) groups is 3. The monoisotopic (exact) mass is 423 g/mol. The van der Waals surface area contributed by atoms with Crippen LogP contribution in [0.1, 0.15) is 38.5 Å². The molecular weight excluding hydrogens is 397 g/mol. The van der Waals surface area contributed by atoms with Gasteiger partial charge in [-0.3, -0.25) is 18.9 Å². The van der Waals surface area contributed by atoms with Gasteiger partial charge in [-0.2, -0.15) is 0 Å². The topological polar surface area (TPSA) is 194 Å². The molecule has 11 nitrogen and oxygen atoms in total. The Morgan fingerprint density at radius 2 is 1.79 bits per heavy atom. The van der Waals surface area contributed by atoms with Gasteiger partial charge in [0, 0.05) is 25.0 Å². The molecule has 2 atom stereocenters. The smallest absolute Gasteiger partial charge is 0.332 e. The van der Waals surface area contributed by atoms with Gasteiger partial charge in [-0.05, 0) is 19.3 Å². The van der Waals surface area contributed by atoms with Crippen LogP contribution < -0.4 is 5.73 Å². The zero-order chi connectivity index (χ0) is 21.7. The third kappa shape index (κ3) is 13.0. The zero-order valence-corrected chi connectivity index (χ0v) is 16.2. The van der Waals surface area contributed by atoms with Gasteiger partial charge < -0.3 is 30.3 Å². The minimum absolute atomic E-state index is 0.0222. The first-order valence-corrected chi connectivity index (χ1v) is 10.1. The van der Waals surface area contributed by atoms with E-state index in [1.54, 1.807) is 0 Å². The van der Waals surface area contributed by atoms with Gasteiger partial charge >= 0.3 is 19.5 Å². The van der Waals surface area contributed by atoms with Crippen molar-refractivity contribution < 1.29 is 48.7 Å². The van der Waals surface area contributed by atoms with E-state index in [0.29, 0.717) is 0 Å². The molecule has 0 aliphatic rings. The number of allylic oxidation sites excluding steroid dienone is 2. The molecule has 0 aromatic heterocycles. The molecule has 0 amide bonds. The first kappa shape index (κ1) is 25.8. The summed E-state index contributed by atoms with van der Waals surface area (Å²) in [6.45, 7) is 3.15. The van der Waals surface area contributed by atoms with Gasteiger partial charge in [0.2, 0.25) is 0 Å². The first-order valence-electron chi connectivity index (χ1n) is 8.31. The lowest BCUT2D eigenvalue weighted by molar-refractivity contribution is -0.187. The van der Waals surface area contributed by atoms with Crippen LogP contribution in [0.2, 0.25) is 0 Å². The van der Waals surface area contributed by atoms with E-state index in [2.05, 4.69) is 11.5 Å². The molecule has 0 fully saturated rings. The Hall–Kier alpha value is -2.20. The van der Waals surface area contributed by atoms with Crippen molar-refractivity contribution in [2.75, 3.05) is 12.8 Å². The first-order chi connectivity index (χ1) is 13.0. The highest BCUT2D eigenvalue weighted by atomic mass is 31.2. The number of nitrogens with two attached hydrogens (primary N) is 1. The summed E-state index contributed by atoms with van der Waals surface area (Å²) in [5, 5.41) is 25.9. The molecule has 160 valence electrons. The third-order valence-corrected chi connectivity index (χ3v) is 5.03. The van der Waals surface area contributed by atoms with Crippen molar-refractivity contribution in [2.24, 2.45) is 11.7 Å². The van der Waals surface area contributed by atoms with Crippen molar-refractivity contribution in [3.05, 3.63) is 24.1 Å². The van der Waals surface area contributed by atoms with Crippen molar-refractivity contribution in [3.8, 4) is 0 Å². The molecule has 0 aliphatic heterocycles. The van der Waals surface area contributed by atoms with Crippen LogP contribution in [0.5, 0.6) is 0 Å². The van der Waals surface area contributed by atoms with Crippen LogP contribution in [-0.4, -0.2) is 50.9 Å². The van der Waals surface area contributed by atoms with Crippen molar-refractivity contribution in [2.45, 2.75) is 38.5 Å². The Labute approximate surface area is 161 Å². The molecule has 0 saturated carbocycles. The van der Waals surface area contributed by atoms with Gasteiger partial charge in [0.25, 0.3) is 0 Å². The highest BCUT2D eigenvalue weighted by Crippen LogP contribution is 2.44. The molecular formula is C16H26NO10P. The fourth-order valence-electron chi connectivity index (χ4n) is 2.13. The average Bonchev–Trinajstić information content (AvgIpc) is 2.57. The minimum atomic E-state index is -4.09. The van der Waals surface area contributed by atoms with Gasteiger partial charge in [0.15, 0.2) is 0 Å². The molecule has 28 heavy (non-hydrogen) atoms. The molecule has 0 aromatic rings. The lowest BCUT2D eigenvalue weighted by Crippen LogP contribution is -2.20. The normalized spacial score (nSPS) is 14.7. The Bertz CT molecular complexity index is 645. The van der Waals surface area contributed by atoms with Gasteiger partial charge in [0.05, 0.1) is 18.7 Å². The maximum Gasteiger partial charge on any atom is 0.332 e. The number of hydrogen-bond donors (Lipinski definition) is 5. The van der Waals surface area contributed by atoms with E-state index in [4.69, 9.17) is 20.6 Å². The molecule has 12 heteroatoms. The number of rotatable bonds is 16. The van der Waals surface area contributed by atoms with E-state index in [0.717, 1.165) is 6.26 Å². The number of hydrogen-bond acceptors (Lipinski definition) is 8. The molecule has 0 aliphatic carbocycles.